The number of hydrogen-bond donors (Lipinski definition) is 4. The van der Waals surface area contributed by atoms with Crippen LogP contribution < -0.4 is 26.8 Å². The fourth-order valence-electron chi connectivity index (χ4n) is 4.94. The Bertz CT molecular complexity index is 862. The number of aromatic nitrogens is 2. The summed E-state index contributed by atoms with van der Waals surface area (Å²) in [6.07, 6.45) is 6.08. The Kier molecular flexibility index (Phi) is 5.17. The SMILES string of the molecule is N[C@@H]1CCCN(c2cccc(C3NNC4CNC(c5cncc(F)c5)CC43)n2)C1. The molecule has 0 amide bonds. The monoisotopic (exact) mass is 397 g/mol. The van der Waals surface area contributed by atoms with Gasteiger partial charge in [0, 0.05) is 49.9 Å². The van der Waals surface area contributed by atoms with Crippen LogP contribution in [0.25, 0.3) is 0 Å². The lowest BCUT2D eigenvalue weighted by Crippen LogP contribution is -2.46. The van der Waals surface area contributed by atoms with Gasteiger partial charge < -0.3 is 16.0 Å². The molecule has 3 aliphatic heterocycles. The molecule has 2 aromatic rings. The summed E-state index contributed by atoms with van der Waals surface area (Å²) in [4.78, 5) is 11.3. The number of hydrazine groups is 1. The van der Waals surface area contributed by atoms with E-state index in [4.69, 9.17) is 10.7 Å². The minimum absolute atomic E-state index is 0.0897. The summed E-state index contributed by atoms with van der Waals surface area (Å²) in [5, 5.41) is 3.52. The number of anilines is 1. The second kappa shape index (κ2) is 7.95. The van der Waals surface area contributed by atoms with Crippen molar-refractivity contribution < 1.29 is 4.39 Å². The number of halogens is 1. The molecule has 2 aromatic heterocycles. The van der Waals surface area contributed by atoms with Gasteiger partial charge in [-0.05, 0) is 43.0 Å². The van der Waals surface area contributed by atoms with Gasteiger partial charge in [-0.3, -0.25) is 10.4 Å². The number of fused-ring (bicyclic) bond motifs is 1. The first-order valence-corrected chi connectivity index (χ1v) is 10.5. The number of nitrogens with one attached hydrogen (secondary N) is 3. The van der Waals surface area contributed by atoms with E-state index < -0.39 is 0 Å². The molecule has 0 saturated carbocycles. The Morgan fingerprint density at radius 3 is 3.00 bits per heavy atom. The predicted octanol–water partition coefficient (Wildman–Crippen LogP) is 1.41. The summed E-state index contributed by atoms with van der Waals surface area (Å²) in [7, 11) is 0. The number of hydrogen-bond acceptors (Lipinski definition) is 7. The van der Waals surface area contributed by atoms with Crippen molar-refractivity contribution in [2.45, 2.75) is 43.4 Å². The molecule has 5 N–H and O–H groups in total. The van der Waals surface area contributed by atoms with Crippen LogP contribution in [0.15, 0.2) is 36.7 Å². The van der Waals surface area contributed by atoms with E-state index in [-0.39, 0.29) is 23.9 Å². The number of nitrogens with two attached hydrogens (primary N) is 1. The molecule has 8 heteroatoms. The fraction of sp³-hybridized carbons (Fsp3) is 0.524. The van der Waals surface area contributed by atoms with Crippen LogP contribution in [-0.4, -0.2) is 41.7 Å². The normalized spacial score (nSPS) is 32.2. The lowest BCUT2D eigenvalue weighted by Gasteiger charge is -2.35. The predicted molar refractivity (Wildman–Crippen MR) is 110 cm³/mol. The number of nitrogens with zero attached hydrogens (tertiary/aromatic N) is 3. The van der Waals surface area contributed by atoms with Crippen molar-refractivity contribution in [1.29, 1.82) is 0 Å². The summed E-state index contributed by atoms with van der Waals surface area (Å²) < 4.78 is 13.6. The van der Waals surface area contributed by atoms with Crippen LogP contribution in [-0.2, 0) is 0 Å². The van der Waals surface area contributed by atoms with Crippen molar-refractivity contribution in [2.75, 3.05) is 24.5 Å². The molecule has 0 spiro atoms. The molecule has 29 heavy (non-hydrogen) atoms. The van der Waals surface area contributed by atoms with Crippen molar-refractivity contribution in [1.82, 2.24) is 26.1 Å². The van der Waals surface area contributed by atoms with E-state index in [1.165, 1.54) is 6.20 Å². The molecule has 154 valence electrons. The highest BCUT2D eigenvalue weighted by Gasteiger charge is 2.42. The third kappa shape index (κ3) is 3.85. The third-order valence-corrected chi connectivity index (χ3v) is 6.45. The average Bonchev–Trinajstić information content (AvgIpc) is 3.17. The van der Waals surface area contributed by atoms with Crippen LogP contribution in [0.3, 0.4) is 0 Å². The highest BCUT2D eigenvalue weighted by molar-refractivity contribution is 5.41. The Morgan fingerprint density at radius 2 is 2.14 bits per heavy atom. The quantitative estimate of drug-likeness (QED) is 0.623. The Hall–Kier alpha value is -2.13. The fourth-order valence-corrected chi connectivity index (χ4v) is 4.94. The zero-order valence-corrected chi connectivity index (χ0v) is 16.4. The first-order chi connectivity index (χ1) is 14.2. The first-order valence-electron chi connectivity index (χ1n) is 10.5. The third-order valence-electron chi connectivity index (χ3n) is 6.45. The Morgan fingerprint density at radius 1 is 1.21 bits per heavy atom. The van der Waals surface area contributed by atoms with Crippen LogP contribution in [0.4, 0.5) is 10.2 Å². The van der Waals surface area contributed by atoms with Gasteiger partial charge in [-0.1, -0.05) is 6.07 Å². The molecule has 5 heterocycles. The summed E-state index contributed by atoms with van der Waals surface area (Å²) in [6, 6.07) is 8.56. The highest BCUT2D eigenvalue weighted by atomic mass is 19.1. The maximum Gasteiger partial charge on any atom is 0.141 e. The van der Waals surface area contributed by atoms with Gasteiger partial charge in [0.15, 0.2) is 0 Å². The summed E-state index contributed by atoms with van der Waals surface area (Å²) >= 11 is 0. The van der Waals surface area contributed by atoms with E-state index in [9.17, 15) is 4.39 Å². The molecule has 0 bridgehead atoms. The minimum Gasteiger partial charge on any atom is -0.355 e. The van der Waals surface area contributed by atoms with Crippen molar-refractivity contribution in [2.24, 2.45) is 11.7 Å². The number of rotatable bonds is 3. The van der Waals surface area contributed by atoms with E-state index in [0.717, 1.165) is 56.0 Å². The lowest BCUT2D eigenvalue weighted by atomic mass is 9.81. The topological polar surface area (TPSA) is 91.1 Å². The van der Waals surface area contributed by atoms with Gasteiger partial charge in [-0.15, -0.1) is 0 Å². The molecule has 0 radical (unpaired) electrons. The van der Waals surface area contributed by atoms with Crippen LogP contribution in [0, 0.1) is 11.7 Å². The standard InChI is InChI=1S/C21H28FN7/c22-14-7-13(9-24-10-14)18-8-16-19(11-25-18)27-28-21(16)17-4-1-5-20(26-17)29-6-2-3-15(23)12-29/h1,4-5,7,9-10,15-16,18-19,21,25,27-28H,2-3,6,8,11-12,23H2/t15-,16?,18?,19?,21?/m1/s1. The maximum atomic E-state index is 13.6. The van der Waals surface area contributed by atoms with Gasteiger partial charge in [-0.2, -0.15) is 0 Å². The van der Waals surface area contributed by atoms with E-state index in [1.54, 1.807) is 12.3 Å². The Labute approximate surface area is 170 Å². The van der Waals surface area contributed by atoms with Crippen LogP contribution >= 0.6 is 0 Å². The molecular weight excluding hydrogens is 369 g/mol. The molecule has 3 fully saturated rings. The van der Waals surface area contributed by atoms with Gasteiger partial charge in [0.25, 0.3) is 0 Å². The van der Waals surface area contributed by atoms with Crippen molar-refractivity contribution >= 4 is 5.82 Å². The van der Waals surface area contributed by atoms with Gasteiger partial charge in [-0.25, -0.2) is 14.8 Å². The molecule has 0 aromatic carbocycles. The Balaban J connectivity index is 1.35. The van der Waals surface area contributed by atoms with E-state index >= 15 is 0 Å². The largest absolute Gasteiger partial charge is 0.355 e. The number of piperidine rings is 2. The average molecular weight is 398 g/mol. The molecule has 7 nitrogen and oxygen atoms in total. The summed E-state index contributed by atoms with van der Waals surface area (Å²) in [5.74, 6) is 1.07. The van der Waals surface area contributed by atoms with E-state index in [1.807, 2.05) is 0 Å². The lowest BCUT2D eigenvalue weighted by molar-refractivity contribution is 0.264. The van der Waals surface area contributed by atoms with Crippen molar-refractivity contribution in [3.8, 4) is 0 Å². The molecule has 5 rings (SSSR count). The summed E-state index contributed by atoms with van der Waals surface area (Å²) in [6.45, 7) is 2.68. The first kappa shape index (κ1) is 18.9. The van der Waals surface area contributed by atoms with Gasteiger partial charge >= 0.3 is 0 Å². The van der Waals surface area contributed by atoms with Crippen LogP contribution in [0.2, 0.25) is 0 Å². The number of pyridine rings is 2. The van der Waals surface area contributed by atoms with E-state index in [2.05, 4.69) is 44.3 Å². The van der Waals surface area contributed by atoms with Crippen molar-refractivity contribution in [3.63, 3.8) is 0 Å². The second-order valence-electron chi connectivity index (χ2n) is 8.44. The highest BCUT2D eigenvalue weighted by Crippen LogP contribution is 2.38. The maximum absolute atomic E-state index is 13.6. The summed E-state index contributed by atoms with van der Waals surface area (Å²) in [5.41, 5.74) is 15.0. The molecule has 5 atom stereocenters. The smallest absolute Gasteiger partial charge is 0.141 e. The molecule has 0 aliphatic carbocycles. The molecular formula is C21H28FN7. The van der Waals surface area contributed by atoms with Crippen LogP contribution in [0.1, 0.15) is 42.6 Å². The van der Waals surface area contributed by atoms with Gasteiger partial charge in [0.2, 0.25) is 0 Å². The molecule has 3 aliphatic rings. The zero-order chi connectivity index (χ0) is 19.8. The molecule has 3 saturated heterocycles. The second-order valence-corrected chi connectivity index (χ2v) is 8.44. The van der Waals surface area contributed by atoms with Crippen LogP contribution in [0.5, 0.6) is 0 Å². The van der Waals surface area contributed by atoms with Crippen molar-refractivity contribution in [3.05, 3.63) is 53.7 Å². The van der Waals surface area contributed by atoms with Gasteiger partial charge in [0.1, 0.15) is 11.6 Å². The van der Waals surface area contributed by atoms with Gasteiger partial charge in [0.05, 0.1) is 17.9 Å². The van der Waals surface area contributed by atoms with E-state index in [0.29, 0.717) is 12.0 Å². The zero-order valence-electron chi connectivity index (χ0n) is 16.4. The minimum atomic E-state index is -0.292. The molecule has 4 unspecified atom stereocenters.